The third kappa shape index (κ3) is 6.91. The van der Waals surface area contributed by atoms with Crippen LogP contribution in [0.2, 0.25) is 0 Å². The van der Waals surface area contributed by atoms with Gasteiger partial charge in [-0.2, -0.15) is 24.3 Å². The van der Waals surface area contributed by atoms with Gasteiger partial charge >= 0.3 is 0 Å². The standard InChI is InChI=1S/C12H10N.C12H7S.C6H7N.Ir/c1-10-7-8-12(13-9-10)11-5-3-2-4-6-11;1-3-7-11-9(5-1)10-6-2-4-8-12(10)13-11;1-6-3-2-4-7-5-6;/h2-5,7-9H,1H3;1-3,5-8H;2-5H,1H3;/q2*-1;;/i;;1D3,2D,3D;. The average Bonchev–Trinajstić information content (AvgIpc) is 3.30. The summed E-state index contributed by atoms with van der Waals surface area (Å²) in [4.78, 5) is 7.86. The Balaban J connectivity index is 0.000000160. The first-order valence-corrected chi connectivity index (χ1v) is 11.1. The third-order valence-corrected chi connectivity index (χ3v) is 5.80. The average molecular weight is 642 g/mol. The fraction of sp³-hybridized carbons (Fsp3) is 0.0667. The number of thiophene rings is 1. The molecule has 34 heavy (non-hydrogen) atoms. The largest absolute Gasteiger partial charge is 0.304 e. The van der Waals surface area contributed by atoms with Gasteiger partial charge in [0.15, 0.2) is 0 Å². The number of benzene rings is 3. The van der Waals surface area contributed by atoms with E-state index in [0.717, 1.165) is 23.7 Å². The zero-order valence-electron chi connectivity index (χ0n) is 23.4. The fourth-order valence-corrected chi connectivity index (χ4v) is 4.18. The summed E-state index contributed by atoms with van der Waals surface area (Å²) in [5, 5.41) is 2.70. The van der Waals surface area contributed by atoms with Crippen molar-refractivity contribution in [2.24, 2.45) is 0 Å². The van der Waals surface area contributed by atoms with Crippen LogP contribution in [0.15, 0.2) is 110 Å². The van der Waals surface area contributed by atoms with Crippen LogP contribution in [0.4, 0.5) is 0 Å². The van der Waals surface area contributed by atoms with Gasteiger partial charge in [0.25, 0.3) is 0 Å². The number of pyridine rings is 2. The molecule has 0 atom stereocenters. The molecule has 171 valence electrons. The molecule has 0 saturated heterocycles. The monoisotopic (exact) mass is 642 g/mol. The molecular formula is C30H24IrN2S-2. The van der Waals surface area contributed by atoms with Gasteiger partial charge in [-0.05, 0) is 48.1 Å². The van der Waals surface area contributed by atoms with Gasteiger partial charge in [-0.25, -0.2) is 11.3 Å². The topological polar surface area (TPSA) is 25.8 Å². The molecule has 0 aliphatic carbocycles. The first-order valence-electron chi connectivity index (χ1n) is 12.8. The maximum absolute atomic E-state index is 7.26. The second-order valence-electron chi connectivity index (χ2n) is 7.11. The van der Waals surface area contributed by atoms with Crippen LogP contribution in [0.5, 0.6) is 0 Å². The Labute approximate surface area is 225 Å². The normalized spacial score (nSPS) is 12.3. The van der Waals surface area contributed by atoms with E-state index in [-0.39, 0.29) is 37.8 Å². The van der Waals surface area contributed by atoms with Gasteiger partial charge in [-0.1, -0.05) is 41.1 Å². The molecule has 3 aromatic carbocycles. The van der Waals surface area contributed by atoms with E-state index < -0.39 is 6.85 Å². The van der Waals surface area contributed by atoms with Crippen molar-refractivity contribution in [1.82, 2.24) is 9.97 Å². The SMILES string of the molecule is Cc1ccc(-c2[c-]cccc2)nc1.[2H]c1cncc(C([2H])([2H])[2H])c1[2H].[Ir].[c-]1ccc2c(c1)sc1ccccc12. The van der Waals surface area contributed by atoms with E-state index in [9.17, 15) is 0 Å². The van der Waals surface area contributed by atoms with Crippen molar-refractivity contribution in [2.45, 2.75) is 13.8 Å². The van der Waals surface area contributed by atoms with E-state index in [2.05, 4.69) is 64.6 Å². The first kappa shape index (κ1) is 19.2. The number of nitrogens with zero attached hydrogens (tertiary/aromatic N) is 2. The molecule has 0 saturated carbocycles. The second kappa shape index (κ2) is 12.9. The molecule has 4 heteroatoms. The summed E-state index contributed by atoms with van der Waals surface area (Å²) in [6, 6.07) is 32.4. The molecule has 6 aromatic rings. The number of fused-ring (bicyclic) bond motifs is 3. The number of rotatable bonds is 1. The Morgan fingerprint density at radius 3 is 2.50 bits per heavy atom. The summed E-state index contributed by atoms with van der Waals surface area (Å²) in [7, 11) is 0. The second-order valence-corrected chi connectivity index (χ2v) is 8.19. The van der Waals surface area contributed by atoms with E-state index in [1.165, 1.54) is 25.7 Å². The minimum atomic E-state index is -2.35. The molecule has 3 aromatic heterocycles. The van der Waals surface area contributed by atoms with Gasteiger partial charge in [0.2, 0.25) is 0 Å². The van der Waals surface area contributed by atoms with Crippen LogP contribution in [0.3, 0.4) is 0 Å². The molecule has 1 radical (unpaired) electrons. The molecule has 0 fully saturated rings. The molecular weight excluding hydrogens is 613 g/mol. The van der Waals surface area contributed by atoms with Crippen molar-refractivity contribution in [3.8, 4) is 11.3 Å². The van der Waals surface area contributed by atoms with Crippen LogP contribution < -0.4 is 0 Å². The van der Waals surface area contributed by atoms with E-state index in [4.69, 9.17) is 6.85 Å². The summed E-state index contributed by atoms with van der Waals surface area (Å²) in [6.45, 7) is -0.313. The predicted octanol–water partition coefficient (Wildman–Crippen LogP) is 8.10. The van der Waals surface area contributed by atoms with Gasteiger partial charge in [0, 0.05) is 47.5 Å². The maximum Gasteiger partial charge on any atom is 0.0639 e. The van der Waals surface area contributed by atoms with Gasteiger partial charge in [-0.15, -0.1) is 41.3 Å². The summed E-state index contributed by atoms with van der Waals surface area (Å²) in [5.41, 5.74) is 3.03. The first-order chi connectivity index (χ1) is 18.2. The molecule has 6 rings (SSSR count). The van der Waals surface area contributed by atoms with Gasteiger partial charge in [-0.3, -0.25) is 4.98 Å². The number of aromatic nitrogens is 2. The van der Waals surface area contributed by atoms with E-state index in [0.29, 0.717) is 0 Å². The Morgan fingerprint density at radius 2 is 1.74 bits per heavy atom. The van der Waals surface area contributed by atoms with Crippen LogP contribution in [0.1, 0.15) is 18.0 Å². The molecule has 2 nitrogen and oxygen atoms in total. The van der Waals surface area contributed by atoms with Gasteiger partial charge in [0.1, 0.15) is 0 Å². The quantitative estimate of drug-likeness (QED) is 0.170. The van der Waals surface area contributed by atoms with Crippen molar-refractivity contribution in [1.29, 1.82) is 0 Å². The molecule has 0 aliphatic rings. The molecule has 0 spiro atoms. The van der Waals surface area contributed by atoms with Gasteiger partial charge < -0.3 is 4.98 Å². The van der Waals surface area contributed by atoms with Crippen molar-refractivity contribution in [2.75, 3.05) is 0 Å². The predicted molar refractivity (Wildman–Crippen MR) is 140 cm³/mol. The number of hydrogen-bond acceptors (Lipinski definition) is 3. The number of hydrogen-bond donors (Lipinski definition) is 0. The van der Waals surface area contributed by atoms with Crippen molar-refractivity contribution in [3.63, 3.8) is 0 Å². The van der Waals surface area contributed by atoms with Crippen molar-refractivity contribution >= 4 is 31.5 Å². The Morgan fingerprint density at radius 1 is 0.882 bits per heavy atom. The Kier molecular flexibility index (Phi) is 7.28. The van der Waals surface area contributed by atoms with Crippen LogP contribution in [0.25, 0.3) is 31.4 Å². The molecule has 0 N–H and O–H groups in total. The van der Waals surface area contributed by atoms with Crippen LogP contribution in [0, 0.1) is 25.9 Å². The molecule has 0 unspecified atom stereocenters. The van der Waals surface area contributed by atoms with Crippen molar-refractivity contribution < 1.29 is 27.0 Å². The minimum Gasteiger partial charge on any atom is -0.304 e. The van der Waals surface area contributed by atoms with E-state index in [1.54, 1.807) is 0 Å². The minimum absolute atomic E-state index is 0. The Bertz CT molecular complexity index is 1590. The van der Waals surface area contributed by atoms with Crippen LogP contribution in [-0.2, 0) is 20.1 Å². The zero-order valence-corrected chi connectivity index (χ0v) is 21.6. The van der Waals surface area contributed by atoms with Gasteiger partial charge in [0.05, 0.1) is 2.74 Å². The summed E-state index contributed by atoms with van der Waals surface area (Å²) in [5.74, 6) is 0. The van der Waals surface area contributed by atoms with Crippen molar-refractivity contribution in [3.05, 3.63) is 133 Å². The summed E-state index contributed by atoms with van der Waals surface area (Å²) >= 11 is 1.83. The van der Waals surface area contributed by atoms with Crippen LogP contribution in [-0.4, -0.2) is 9.97 Å². The summed E-state index contributed by atoms with van der Waals surface area (Å²) in [6.07, 6.45) is 4.13. The summed E-state index contributed by atoms with van der Waals surface area (Å²) < 4.78 is 38.1. The molecule has 0 amide bonds. The zero-order chi connectivity index (χ0) is 27.1. The molecule has 0 bridgehead atoms. The third-order valence-electron chi connectivity index (χ3n) is 4.67. The smallest absolute Gasteiger partial charge is 0.0639 e. The van der Waals surface area contributed by atoms with Crippen LogP contribution >= 0.6 is 11.3 Å². The number of aryl methyl sites for hydroxylation is 2. The maximum atomic E-state index is 7.26. The van der Waals surface area contributed by atoms with E-state index >= 15 is 0 Å². The molecule has 0 aliphatic heterocycles. The Hall–Kier alpha value is -3.17. The fourth-order valence-electron chi connectivity index (χ4n) is 3.09. The molecule has 3 heterocycles. The van der Waals surface area contributed by atoms with E-state index in [1.807, 2.05) is 60.9 Å².